The van der Waals surface area contributed by atoms with Crippen LogP contribution in [0.15, 0.2) is 51.0 Å². The third-order valence-electron chi connectivity index (χ3n) is 1.98. The van der Waals surface area contributed by atoms with Crippen LogP contribution in [0.25, 0.3) is 5.69 Å². The maximum atomic E-state index is 11.5. The summed E-state index contributed by atoms with van der Waals surface area (Å²) < 4.78 is 1.04. The van der Waals surface area contributed by atoms with E-state index in [1.165, 1.54) is 12.3 Å². The van der Waals surface area contributed by atoms with E-state index < -0.39 is 5.69 Å². The third-order valence-corrected chi connectivity index (χ3v) is 2.36. The molecule has 1 heterocycles. The second-order valence-electron chi connectivity index (χ2n) is 2.95. The number of H-pyrrole nitrogens is 1. The molecule has 0 radical (unpaired) electrons. The molecule has 2 aromatic rings. The van der Waals surface area contributed by atoms with Crippen LogP contribution in [0, 0.1) is 0 Å². The number of rotatable bonds is 1. The smallest absolute Gasteiger partial charge is 0.314 e. The van der Waals surface area contributed by atoms with Crippen molar-refractivity contribution >= 4 is 12.6 Å². The van der Waals surface area contributed by atoms with E-state index in [0.29, 0.717) is 10.6 Å². The summed E-state index contributed by atoms with van der Waals surface area (Å²) in [7, 11) is 0. The minimum Gasteiger partial charge on any atom is -0.314 e. The SMILES string of the molecule is O=c1cc[nH]c(=O)n1-c1ccccc1S. The molecule has 0 atom stereocenters. The van der Waals surface area contributed by atoms with E-state index in [1.54, 1.807) is 24.3 Å². The van der Waals surface area contributed by atoms with Gasteiger partial charge in [-0.15, -0.1) is 12.6 Å². The van der Waals surface area contributed by atoms with Crippen molar-refractivity contribution in [3.63, 3.8) is 0 Å². The molecule has 0 unspecified atom stereocenters. The van der Waals surface area contributed by atoms with Gasteiger partial charge in [-0.3, -0.25) is 4.79 Å². The van der Waals surface area contributed by atoms with Gasteiger partial charge < -0.3 is 4.98 Å². The lowest BCUT2D eigenvalue weighted by Crippen LogP contribution is -2.32. The highest BCUT2D eigenvalue weighted by Gasteiger charge is 2.05. The van der Waals surface area contributed by atoms with Gasteiger partial charge in [0.2, 0.25) is 0 Å². The average molecular weight is 220 g/mol. The van der Waals surface area contributed by atoms with E-state index in [4.69, 9.17) is 0 Å². The summed E-state index contributed by atoms with van der Waals surface area (Å²) in [6.07, 6.45) is 1.32. The monoisotopic (exact) mass is 220 g/mol. The normalized spacial score (nSPS) is 10.2. The van der Waals surface area contributed by atoms with E-state index in [9.17, 15) is 9.59 Å². The first-order valence-electron chi connectivity index (χ1n) is 4.29. The number of benzene rings is 1. The van der Waals surface area contributed by atoms with Crippen LogP contribution in [0.5, 0.6) is 0 Å². The summed E-state index contributed by atoms with van der Waals surface area (Å²) in [5.74, 6) is 0. The number of thiol groups is 1. The standard InChI is InChI=1S/C10H8N2O2S/c13-9-5-6-11-10(14)12(9)7-3-1-2-4-8(7)15/h1-6,15H,(H,11,14). The van der Waals surface area contributed by atoms with Crippen molar-refractivity contribution in [2.45, 2.75) is 4.90 Å². The van der Waals surface area contributed by atoms with Crippen LogP contribution in [0.3, 0.4) is 0 Å². The Balaban J connectivity index is 2.81. The minimum atomic E-state index is -0.469. The topological polar surface area (TPSA) is 54.9 Å². The number of para-hydroxylation sites is 1. The molecule has 0 spiro atoms. The number of hydrogen-bond acceptors (Lipinski definition) is 3. The third kappa shape index (κ3) is 1.73. The maximum Gasteiger partial charge on any atom is 0.333 e. The van der Waals surface area contributed by atoms with E-state index in [2.05, 4.69) is 17.6 Å². The lowest BCUT2D eigenvalue weighted by molar-refractivity contribution is 0.860. The van der Waals surface area contributed by atoms with Crippen LogP contribution in [0.1, 0.15) is 0 Å². The Morgan fingerprint density at radius 1 is 1.13 bits per heavy atom. The summed E-state index contributed by atoms with van der Waals surface area (Å²) in [5.41, 5.74) is -0.364. The molecule has 5 heteroatoms. The van der Waals surface area contributed by atoms with Crippen LogP contribution in [0.4, 0.5) is 0 Å². The largest absolute Gasteiger partial charge is 0.333 e. The number of hydrogen-bond donors (Lipinski definition) is 2. The van der Waals surface area contributed by atoms with Gasteiger partial charge in [-0.2, -0.15) is 0 Å². The number of aromatic nitrogens is 2. The Kier molecular flexibility index (Phi) is 2.47. The molecule has 0 aliphatic rings. The van der Waals surface area contributed by atoms with Crippen molar-refractivity contribution in [2.75, 3.05) is 0 Å². The van der Waals surface area contributed by atoms with Gasteiger partial charge in [0.25, 0.3) is 5.56 Å². The highest BCUT2D eigenvalue weighted by molar-refractivity contribution is 7.80. The molecule has 76 valence electrons. The highest BCUT2D eigenvalue weighted by atomic mass is 32.1. The van der Waals surface area contributed by atoms with Crippen LogP contribution < -0.4 is 11.2 Å². The first-order chi connectivity index (χ1) is 7.20. The molecule has 15 heavy (non-hydrogen) atoms. The molecule has 0 aliphatic heterocycles. The molecule has 0 aliphatic carbocycles. The van der Waals surface area contributed by atoms with Gasteiger partial charge in [0.05, 0.1) is 5.69 Å². The number of nitrogens with one attached hydrogen (secondary N) is 1. The zero-order chi connectivity index (χ0) is 10.8. The Hall–Kier alpha value is -1.75. The fourth-order valence-corrected chi connectivity index (χ4v) is 1.57. The molecule has 0 saturated heterocycles. The van der Waals surface area contributed by atoms with Gasteiger partial charge in [0, 0.05) is 17.2 Å². The maximum absolute atomic E-state index is 11.5. The van der Waals surface area contributed by atoms with Crippen LogP contribution in [0.2, 0.25) is 0 Å². The molecular weight excluding hydrogens is 212 g/mol. The van der Waals surface area contributed by atoms with Gasteiger partial charge in [0.15, 0.2) is 0 Å². The summed E-state index contributed by atoms with van der Waals surface area (Å²) in [4.78, 5) is 26.0. The predicted molar refractivity (Wildman–Crippen MR) is 59.9 cm³/mol. The van der Waals surface area contributed by atoms with Gasteiger partial charge in [0.1, 0.15) is 0 Å². The first kappa shape index (κ1) is 9.79. The van der Waals surface area contributed by atoms with Crippen LogP contribution in [-0.2, 0) is 0 Å². The van der Waals surface area contributed by atoms with Crippen molar-refractivity contribution < 1.29 is 0 Å². The summed E-state index contributed by atoms with van der Waals surface area (Å²) in [6, 6.07) is 8.21. The summed E-state index contributed by atoms with van der Waals surface area (Å²) in [6.45, 7) is 0. The molecule has 1 aromatic carbocycles. The molecule has 0 bridgehead atoms. The Morgan fingerprint density at radius 3 is 2.53 bits per heavy atom. The molecule has 2 rings (SSSR count). The quantitative estimate of drug-likeness (QED) is 0.699. The van der Waals surface area contributed by atoms with Crippen molar-refractivity contribution in [3.8, 4) is 5.69 Å². The van der Waals surface area contributed by atoms with Crippen LogP contribution in [-0.4, -0.2) is 9.55 Å². The van der Waals surface area contributed by atoms with Gasteiger partial charge in [-0.25, -0.2) is 9.36 Å². The Labute approximate surface area is 90.6 Å². The second-order valence-corrected chi connectivity index (χ2v) is 3.43. The average Bonchev–Trinajstić information content (AvgIpc) is 2.20. The Morgan fingerprint density at radius 2 is 1.87 bits per heavy atom. The molecule has 0 saturated carbocycles. The molecule has 0 fully saturated rings. The molecule has 4 nitrogen and oxygen atoms in total. The second kappa shape index (κ2) is 3.78. The van der Waals surface area contributed by atoms with Gasteiger partial charge in [-0.05, 0) is 12.1 Å². The van der Waals surface area contributed by atoms with E-state index >= 15 is 0 Å². The van der Waals surface area contributed by atoms with Crippen molar-refractivity contribution in [1.82, 2.24) is 9.55 Å². The first-order valence-corrected chi connectivity index (χ1v) is 4.74. The predicted octanol–water partition coefficient (Wildman–Crippen LogP) is 0.814. The minimum absolute atomic E-state index is 0.375. The lowest BCUT2D eigenvalue weighted by atomic mass is 10.3. The molecule has 1 N–H and O–H groups in total. The van der Waals surface area contributed by atoms with E-state index in [0.717, 1.165) is 4.57 Å². The summed E-state index contributed by atoms with van der Waals surface area (Å²) >= 11 is 4.19. The van der Waals surface area contributed by atoms with Crippen molar-refractivity contribution in [2.24, 2.45) is 0 Å². The zero-order valence-corrected chi connectivity index (χ0v) is 8.57. The highest BCUT2D eigenvalue weighted by Crippen LogP contribution is 2.14. The molecule has 1 aromatic heterocycles. The van der Waals surface area contributed by atoms with E-state index in [-0.39, 0.29) is 5.56 Å². The van der Waals surface area contributed by atoms with E-state index in [1.807, 2.05) is 0 Å². The molecule has 0 amide bonds. The fourth-order valence-electron chi connectivity index (χ4n) is 1.30. The number of aromatic amines is 1. The van der Waals surface area contributed by atoms with Crippen molar-refractivity contribution in [1.29, 1.82) is 0 Å². The van der Waals surface area contributed by atoms with Gasteiger partial charge >= 0.3 is 5.69 Å². The number of nitrogens with zero attached hydrogens (tertiary/aromatic N) is 1. The zero-order valence-electron chi connectivity index (χ0n) is 7.68. The summed E-state index contributed by atoms with van der Waals surface area (Å²) in [5, 5.41) is 0. The van der Waals surface area contributed by atoms with Crippen molar-refractivity contribution in [3.05, 3.63) is 57.4 Å². The fraction of sp³-hybridized carbons (Fsp3) is 0. The Bertz CT molecular complexity index is 572. The van der Waals surface area contributed by atoms with Gasteiger partial charge in [-0.1, -0.05) is 12.1 Å². The molecular formula is C10H8N2O2S. The van der Waals surface area contributed by atoms with Crippen LogP contribution >= 0.6 is 12.6 Å². The lowest BCUT2D eigenvalue weighted by Gasteiger charge is -2.05.